The largest absolute Gasteiger partial charge is 0.374 e. The van der Waals surface area contributed by atoms with E-state index in [1.54, 1.807) is 7.05 Å². The lowest BCUT2D eigenvalue weighted by atomic mass is 9.99. The SMILES string of the molecule is CN=C(NCCCC(=O)N1CCc2ccccc2C1)NCC1CN(CC(C)C)CCO1. The third-order valence-electron chi connectivity index (χ3n) is 5.91. The predicted molar refractivity (Wildman–Crippen MR) is 125 cm³/mol. The van der Waals surface area contributed by atoms with Crippen molar-refractivity contribution in [1.29, 1.82) is 0 Å². The van der Waals surface area contributed by atoms with Crippen LogP contribution in [0.15, 0.2) is 29.3 Å². The highest BCUT2D eigenvalue weighted by Gasteiger charge is 2.21. The van der Waals surface area contributed by atoms with Gasteiger partial charge in [-0.15, -0.1) is 0 Å². The number of ether oxygens (including phenoxy) is 1. The van der Waals surface area contributed by atoms with Crippen LogP contribution in [0.2, 0.25) is 0 Å². The minimum Gasteiger partial charge on any atom is -0.374 e. The maximum atomic E-state index is 12.6. The van der Waals surface area contributed by atoms with Crippen molar-refractivity contribution < 1.29 is 9.53 Å². The summed E-state index contributed by atoms with van der Waals surface area (Å²) in [4.78, 5) is 21.4. The molecule has 1 fully saturated rings. The molecule has 1 atom stereocenters. The highest BCUT2D eigenvalue weighted by molar-refractivity contribution is 5.80. The Morgan fingerprint density at radius 3 is 2.81 bits per heavy atom. The van der Waals surface area contributed by atoms with Crippen LogP contribution >= 0.6 is 0 Å². The highest BCUT2D eigenvalue weighted by Crippen LogP contribution is 2.19. The Morgan fingerprint density at radius 2 is 2.03 bits per heavy atom. The topological polar surface area (TPSA) is 69.2 Å². The van der Waals surface area contributed by atoms with Crippen LogP contribution in [0, 0.1) is 5.92 Å². The van der Waals surface area contributed by atoms with E-state index in [2.05, 4.69) is 58.6 Å². The molecule has 0 spiro atoms. The molecule has 0 aromatic heterocycles. The molecule has 1 aromatic rings. The van der Waals surface area contributed by atoms with Crippen molar-refractivity contribution in [3.05, 3.63) is 35.4 Å². The fourth-order valence-corrected chi connectivity index (χ4v) is 4.33. The van der Waals surface area contributed by atoms with Gasteiger partial charge in [0.05, 0.1) is 12.7 Å². The van der Waals surface area contributed by atoms with Gasteiger partial charge in [0.1, 0.15) is 0 Å². The summed E-state index contributed by atoms with van der Waals surface area (Å²) in [6, 6.07) is 8.42. The number of carbonyl (C=O) groups is 1. The Morgan fingerprint density at radius 1 is 1.23 bits per heavy atom. The van der Waals surface area contributed by atoms with Gasteiger partial charge < -0.3 is 20.3 Å². The van der Waals surface area contributed by atoms with Gasteiger partial charge >= 0.3 is 0 Å². The van der Waals surface area contributed by atoms with Gasteiger partial charge in [-0.2, -0.15) is 0 Å². The molecule has 2 N–H and O–H groups in total. The molecule has 172 valence electrons. The summed E-state index contributed by atoms with van der Waals surface area (Å²) in [7, 11) is 1.78. The lowest BCUT2D eigenvalue weighted by molar-refractivity contribution is -0.132. The van der Waals surface area contributed by atoms with Crippen molar-refractivity contribution in [2.45, 2.75) is 45.8 Å². The smallest absolute Gasteiger partial charge is 0.222 e. The summed E-state index contributed by atoms with van der Waals surface area (Å²) in [5.41, 5.74) is 2.65. The van der Waals surface area contributed by atoms with E-state index in [-0.39, 0.29) is 12.0 Å². The molecule has 7 heteroatoms. The molecular weight excluding hydrogens is 390 g/mol. The van der Waals surface area contributed by atoms with Gasteiger partial charge in [-0.25, -0.2) is 0 Å². The van der Waals surface area contributed by atoms with Crippen LogP contribution < -0.4 is 10.6 Å². The van der Waals surface area contributed by atoms with E-state index in [0.717, 1.165) is 71.2 Å². The molecule has 2 aliphatic rings. The molecule has 1 unspecified atom stereocenters. The predicted octanol–water partition coefficient (Wildman–Crippen LogP) is 1.87. The number of fused-ring (bicyclic) bond motifs is 1. The number of amides is 1. The first kappa shape index (κ1) is 23.5. The molecule has 0 saturated carbocycles. The number of guanidine groups is 1. The lowest BCUT2D eigenvalue weighted by Crippen LogP contribution is -2.50. The van der Waals surface area contributed by atoms with Crippen LogP contribution in [0.3, 0.4) is 0 Å². The molecule has 7 nitrogen and oxygen atoms in total. The van der Waals surface area contributed by atoms with Crippen LogP contribution in [0.5, 0.6) is 0 Å². The van der Waals surface area contributed by atoms with Crippen molar-refractivity contribution in [3.8, 4) is 0 Å². The molecule has 2 aliphatic heterocycles. The van der Waals surface area contributed by atoms with Crippen molar-refractivity contribution in [2.75, 3.05) is 52.9 Å². The molecule has 0 bridgehead atoms. The lowest BCUT2D eigenvalue weighted by Gasteiger charge is -2.34. The Labute approximate surface area is 187 Å². The van der Waals surface area contributed by atoms with Gasteiger partial charge in [0.25, 0.3) is 0 Å². The van der Waals surface area contributed by atoms with Crippen molar-refractivity contribution >= 4 is 11.9 Å². The second-order valence-corrected chi connectivity index (χ2v) is 8.96. The average Bonchev–Trinajstić information content (AvgIpc) is 2.78. The Balaban J connectivity index is 1.32. The van der Waals surface area contributed by atoms with Crippen LogP contribution in [-0.2, 0) is 22.5 Å². The van der Waals surface area contributed by atoms with Crippen molar-refractivity contribution in [2.24, 2.45) is 10.9 Å². The summed E-state index contributed by atoms with van der Waals surface area (Å²) >= 11 is 0. The molecule has 2 heterocycles. The van der Waals surface area contributed by atoms with E-state index in [0.29, 0.717) is 12.3 Å². The van der Waals surface area contributed by atoms with E-state index in [1.165, 1.54) is 11.1 Å². The van der Waals surface area contributed by atoms with E-state index >= 15 is 0 Å². The third kappa shape index (κ3) is 7.51. The summed E-state index contributed by atoms with van der Waals surface area (Å²) in [6.45, 7) is 11.4. The van der Waals surface area contributed by atoms with Gasteiger partial charge in [-0.3, -0.25) is 14.7 Å². The fourth-order valence-electron chi connectivity index (χ4n) is 4.33. The standard InChI is InChI=1S/C24H39N5O2/c1-19(2)16-28-13-14-31-22(18-28)15-27-24(25-3)26-11-6-9-23(30)29-12-10-20-7-4-5-8-21(20)17-29/h4-5,7-8,19,22H,6,9-18H2,1-3H3,(H2,25,26,27). The van der Waals surface area contributed by atoms with Gasteiger partial charge in [0, 0.05) is 59.3 Å². The second-order valence-electron chi connectivity index (χ2n) is 8.96. The minimum atomic E-state index is 0.176. The molecule has 0 aliphatic carbocycles. The number of aliphatic imine (C=N–C) groups is 1. The molecule has 3 rings (SSSR count). The molecule has 1 saturated heterocycles. The van der Waals surface area contributed by atoms with Gasteiger partial charge in [-0.05, 0) is 29.9 Å². The summed E-state index contributed by atoms with van der Waals surface area (Å²) in [5.74, 6) is 1.67. The van der Waals surface area contributed by atoms with Gasteiger partial charge in [0.2, 0.25) is 5.91 Å². The average molecular weight is 430 g/mol. The Hall–Kier alpha value is -2.12. The minimum absolute atomic E-state index is 0.176. The first-order valence-electron chi connectivity index (χ1n) is 11.7. The number of hydrogen-bond acceptors (Lipinski definition) is 4. The fraction of sp³-hybridized carbons (Fsp3) is 0.667. The first-order valence-corrected chi connectivity index (χ1v) is 11.7. The molecule has 31 heavy (non-hydrogen) atoms. The van der Waals surface area contributed by atoms with E-state index in [9.17, 15) is 4.79 Å². The number of carbonyl (C=O) groups excluding carboxylic acids is 1. The number of hydrogen-bond donors (Lipinski definition) is 2. The quantitative estimate of drug-likeness (QED) is 0.375. The zero-order valence-corrected chi connectivity index (χ0v) is 19.4. The molecular formula is C24H39N5O2. The zero-order chi connectivity index (χ0) is 22.1. The molecule has 1 amide bonds. The number of nitrogens with zero attached hydrogens (tertiary/aromatic N) is 3. The molecule has 1 aromatic carbocycles. The van der Waals surface area contributed by atoms with E-state index < -0.39 is 0 Å². The Bertz CT molecular complexity index is 736. The number of benzene rings is 1. The van der Waals surface area contributed by atoms with Crippen LogP contribution in [0.25, 0.3) is 0 Å². The zero-order valence-electron chi connectivity index (χ0n) is 19.4. The number of morpholine rings is 1. The second kappa shape index (κ2) is 12.1. The van der Waals surface area contributed by atoms with Gasteiger partial charge in [-0.1, -0.05) is 38.1 Å². The van der Waals surface area contributed by atoms with Crippen LogP contribution in [0.4, 0.5) is 0 Å². The first-order chi connectivity index (χ1) is 15.0. The maximum Gasteiger partial charge on any atom is 0.222 e. The summed E-state index contributed by atoms with van der Waals surface area (Å²) in [6.07, 6.45) is 2.48. The third-order valence-corrected chi connectivity index (χ3v) is 5.91. The highest BCUT2D eigenvalue weighted by atomic mass is 16.5. The van der Waals surface area contributed by atoms with Crippen molar-refractivity contribution in [3.63, 3.8) is 0 Å². The van der Waals surface area contributed by atoms with Crippen LogP contribution in [0.1, 0.15) is 37.8 Å². The van der Waals surface area contributed by atoms with Crippen molar-refractivity contribution in [1.82, 2.24) is 20.4 Å². The van der Waals surface area contributed by atoms with E-state index in [4.69, 9.17) is 4.74 Å². The normalized spacial score (nSPS) is 19.9. The maximum absolute atomic E-state index is 12.6. The number of rotatable bonds is 8. The molecule has 0 radical (unpaired) electrons. The summed E-state index contributed by atoms with van der Waals surface area (Å²) in [5, 5.41) is 6.69. The van der Waals surface area contributed by atoms with Crippen LogP contribution in [-0.4, -0.2) is 80.7 Å². The Kier molecular flexibility index (Phi) is 9.15. The summed E-state index contributed by atoms with van der Waals surface area (Å²) < 4.78 is 5.90. The van der Waals surface area contributed by atoms with E-state index in [1.807, 2.05) is 4.90 Å². The monoisotopic (exact) mass is 429 g/mol. The van der Waals surface area contributed by atoms with Gasteiger partial charge in [0.15, 0.2) is 5.96 Å². The number of nitrogens with one attached hydrogen (secondary N) is 2.